The highest BCUT2D eigenvalue weighted by atomic mass is 15.2. The third-order valence-electron chi connectivity index (χ3n) is 3.18. The van der Waals surface area contributed by atoms with Gasteiger partial charge in [-0.05, 0) is 30.6 Å². The van der Waals surface area contributed by atoms with Gasteiger partial charge in [0.05, 0.1) is 0 Å². The second kappa shape index (κ2) is 4.07. The summed E-state index contributed by atoms with van der Waals surface area (Å²) in [6.07, 6.45) is 11.8. The Hall–Kier alpha value is -1.28. The van der Waals surface area contributed by atoms with Crippen LogP contribution >= 0.6 is 0 Å². The van der Waals surface area contributed by atoms with Gasteiger partial charge in [-0.15, -0.1) is 0 Å². The van der Waals surface area contributed by atoms with Crippen LogP contribution in [-0.4, -0.2) is 24.5 Å². The Labute approximate surface area is 91.4 Å². The van der Waals surface area contributed by atoms with Gasteiger partial charge in [0.1, 0.15) is 0 Å². The van der Waals surface area contributed by atoms with E-state index in [0.29, 0.717) is 12.6 Å². The first-order valence-corrected chi connectivity index (χ1v) is 5.43. The standard InChI is InChI=1S/C13H18N2/c1-10-8-12-7-6-11(9-14)4-3-5-13(12)15(10)2/h3-7,10H,8-9,14H2,1-2H3. The molecular formula is C13H18N2. The number of likely N-dealkylation sites (tertiary alicyclic amines) is 1. The van der Waals surface area contributed by atoms with Crippen molar-refractivity contribution in [3.63, 3.8) is 0 Å². The number of nitrogens with zero attached hydrogens (tertiary/aromatic N) is 1. The monoisotopic (exact) mass is 202 g/mol. The van der Waals surface area contributed by atoms with Gasteiger partial charge in [0.2, 0.25) is 0 Å². The highest BCUT2D eigenvalue weighted by Crippen LogP contribution is 2.31. The lowest BCUT2D eigenvalue weighted by Gasteiger charge is -2.18. The minimum absolute atomic E-state index is 0.601. The fourth-order valence-corrected chi connectivity index (χ4v) is 2.06. The zero-order valence-electron chi connectivity index (χ0n) is 9.40. The molecule has 2 heteroatoms. The van der Waals surface area contributed by atoms with Crippen LogP contribution in [0.2, 0.25) is 0 Å². The molecular weight excluding hydrogens is 184 g/mol. The van der Waals surface area contributed by atoms with Crippen molar-refractivity contribution >= 4 is 0 Å². The Morgan fingerprint density at radius 1 is 1.40 bits per heavy atom. The van der Waals surface area contributed by atoms with Crippen molar-refractivity contribution in [3.05, 3.63) is 47.2 Å². The van der Waals surface area contributed by atoms with Gasteiger partial charge in [-0.2, -0.15) is 0 Å². The molecule has 0 aromatic rings. The maximum atomic E-state index is 5.64. The summed E-state index contributed by atoms with van der Waals surface area (Å²) in [5.41, 5.74) is 9.57. The maximum Gasteiger partial charge on any atom is 0.0399 e. The van der Waals surface area contributed by atoms with Gasteiger partial charge >= 0.3 is 0 Å². The summed E-state index contributed by atoms with van der Waals surface area (Å²) in [6.45, 7) is 2.86. The van der Waals surface area contributed by atoms with E-state index in [1.54, 1.807) is 0 Å². The molecule has 1 unspecified atom stereocenters. The van der Waals surface area contributed by atoms with Gasteiger partial charge in [-0.25, -0.2) is 0 Å². The summed E-state index contributed by atoms with van der Waals surface area (Å²) in [6, 6.07) is 0.601. The first-order valence-electron chi connectivity index (χ1n) is 5.43. The molecule has 2 N–H and O–H groups in total. The predicted octanol–water partition coefficient (Wildman–Crippen LogP) is 1.98. The van der Waals surface area contributed by atoms with Gasteiger partial charge in [-0.3, -0.25) is 0 Å². The Morgan fingerprint density at radius 2 is 2.20 bits per heavy atom. The summed E-state index contributed by atoms with van der Waals surface area (Å²) >= 11 is 0. The van der Waals surface area contributed by atoms with Gasteiger partial charge in [0.15, 0.2) is 0 Å². The zero-order valence-corrected chi connectivity index (χ0v) is 9.40. The van der Waals surface area contributed by atoms with Crippen molar-refractivity contribution in [2.75, 3.05) is 13.6 Å². The van der Waals surface area contributed by atoms with E-state index in [9.17, 15) is 0 Å². The summed E-state index contributed by atoms with van der Waals surface area (Å²) in [5.74, 6) is 0. The number of hydrogen-bond donors (Lipinski definition) is 1. The molecule has 0 aromatic carbocycles. The van der Waals surface area contributed by atoms with Gasteiger partial charge in [0, 0.05) is 25.3 Å². The molecule has 1 fully saturated rings. The van der Waals surface area contributed by atoms with E-state index in [4.69, 9.17) is 5.73 Å². The number of fused-ring (bicyclic) bond motifs is 1. The fourth-order valence-electron chi connectivity index (χ4n) is 2.06. The van der Waals surface area contributed by atoms with Crippen LogP contribution in [0.3, 0.4) is 0 Å². The lowest BCUT2D eigenvalue weighted by atomic mass is 10.1. The largest absolute Gasteiger partial charge is 0.371 e. The Bertz CT molecular complexity index is 372. The average Bonchev–Trinajstić information content (AvgIpc) is 2.45. The van der Waals surface area contributed by atoms with Crippen molar-refractivity contribution in [2.24, 2.45) is 5.73 Å². The molecule has 2 nitrogen and oxygen atoms in total. The lowest BCUT2D eigenvalue weighted by Crippen LogP contribution is -2.19. The fraction of sp³-hybridized carbons (Fsp3) is 0.385. The van der Waals surface area contributed by atoms with Crippen LogP contribution in [0.4, 0.5) is 0 Å². The smallest absolute Gasteiger partial charge is 0.0399 e. The number of likely N-dealkylation sites (N-methyl/N-ethyl adjacent to an activating group) is 1. The molecule has 0 bridgehead atoms. The Balaban J connectivity index is 2.34. The van der Waals surface area contributed by atoms with Crippen LogP contribution in [0.1, 0.15) is 13.3 Å². The van der Waals surface area contributed by atoms with Crippen LogP contribution in [0.25, 0.3) is 0 Å². The molecule has 2 aliphatic rings. The third kappa shape index (κ3) is 1.90. The number of allylic oxidation sites excluding steroid dienone is 5. The molecule has 15 heavy (non-hydrogen) atoms. The first-order chi connectivity index (χ1) is 7.22. The highest BCUT2D eigenvalue weighted by molar-refractivity contribution is 5.44. The summed E-state index contributed by atoms with van der Waals surface area (Å²) in [7, 11) is 2.15. The maximum absolute atomic E-state index is 5.64. The minimum Gasteiger partial charge on any atom is -0.371 e. The SMILES string of the molecule is CC1CC2=CC=C(CN)C=CC=C2N1C. The molecule has 1 atom stereocenters. The highest BCUT2D eigenvalue weighted by Gasteiger charge is 2.24. The summed E-state index contributed by atoms with van der Waals surface area (Å²) in [5, 5.41) is 0. The van der Waals surface area contributed by atoms with Crippen molar-refractivity contribution < 1.29 is 0 Å². The van der Waals surface area contributed by atoms with Gasteiger partial charge < -0.3 is 10.6 Å². The van der Waals surface area contributed by atoms with Crippen molar-refractivity contribution in [1.82, 2.24) is 4.90 Å². The Morgan fingerprint density at radius 3 is 2.93 bits per heavy atom. The van der Waals surface area contributed by atoms with Crippen molar-refractivity contribution in [1.29, 1.82) is 0 Å². The molecule has 2 rings (SSSR count). The predicted molar refractivity (Wildman–Crippen MR) is 64.3 cm³/mol. The van der Waals surface area contributed by atoms with Crippen molar-refractivity contribution in [2.45, 2.75) is 19.4 Å². The number of rotatable bonds is 1. The Kier molecular flexibility index (Phi) is 2.78. The first kappa shape index (κ1) is 10.2. The van der Waals surface area contributed by atoms with E-state index < -0.39 is 0 Å². The molecule has 1 heterocycles. The zero-order chi connectivity index (χ0) is 10.8. The van der Waals surface area contributed by atoms with Gasteiger partial charge in [-0.1, -0.05) is 24.3 Å². The van der Waals surface area contributed by atoms with E-state index in [0.717, 1.165) is 6.42 Å². The summed E-state index contributed by atoms with van der Waals surface area (Å²) in [4.78, 5) is 2.33. The van der Waals surface area contributed by atoms with Crippen LogP contribution in [-0.2, 0) is 0 Å². The number of nitrogens with two attached hydrogens (primary N) is 1. The molecule has 0 radical (unpaired) electrons. The topological polar surface area (TPSA) is 29.3 Å². The van der Waals surface area contributed by atoms with Crippen LogP contribution in [0.5, 0.6) is 0 Å². The third-order valence-corrected chi connectivity index (χ3v) is 3.18. The molecule has 0 saturated carbocycles. The van der Waals surface area contributed by atoms with Crippen LogP contribution < -0.4 is 5.73 Å². The number of hydrogen-bond acceptors (Lipinski definition) is 2. The molecule has 1 saturated heterocycles. The van der Waals surface area contributed by atoms with Crippen LogP contribution in [0, 0.1) is 0 Å². The lowest BCUT2D eigenvalue weighted by molar-refractivity contribution is 0.376. The molecule has 1 aliphatic carbocycles. The normalized spacial score (nSPS) is 25.1. The van der Waals surface area contributed by atoms with E-state index in [1.165, 1.54) is 16.8 Å². The van der Waals surface area contributed by atoms with E-state index in [-0.39, 0.29) is 0 Å². The second-order valence-electron chi connectivity index (χ2n) is 4.21. The van der Waals surface area contributed by atoms with Gasteiger partial charge in [0.25, 0.3) is 0 Å². The van der Waals surface area contributed by atoms with E-state index in [1.807, 2.05) is 0 Å². The molecule has 0 aromatic heterocycles. The molecule has 0 spiro atoms. The molecule has 0 amide bonds. The van der Waals surface area contributed by atoms with Crippen molar-refractivity contribution in [3.8, 4) is 0 Å². The second-order valence-corrected chi connectivity index (χ2v) is 4.21. The average molecular weight is 202 g/mol. The minimum atomic E-state index is 0.601. The molecule has 80 valence electrons. The van der Waals surface area contributed by atoms with E-state index >= 15 is 0 Å². The quantitative estimate of drug-likeness (QED) is 0.704. The molecule has 1 aliphatic heterocycles. The van der Waals surface area contributed by atoms with Crippen LogP contribution in [0.15, 0.2) is 47.2 Å². The summed E-state index contributed by atoms with van der Waals surface area (Å²) < 4.78 is 0. The van der Waals surface area contributed by atoms with E-state index in [2.05, 4.69) is 49.3 Å².